The molecule has 0 saturated carbocycles. The Balaban J connectivity index is 2.98. The third kappa shape index (κ3) is 8.79. The summed E-state index contributed by atoms with van der Waals surface area (Å²) in [5, 5.41) is 5.76. The molecule has 0 amide bonds. The van der Waals surface area contributed by atoms with Crippen LogP contribution in [0.15, 0.2) is 46.5 Å². The molecule has 0 aromatic heterocycles. The molecule has 1 atom stereocenters. The molecule has 162 valence electrons. The zero-order valence-electron chi connectivity index (χ0n) is 17.4. The fraction of sp³-hybridized carbons (Fsp3) is 0.474. The summed E-state index contributed by atoms with van der Waals surface area (Å²) in [5.74, 6) is 0.285. The van der Waals surface area contributed by atoms with Gasteiger partial charge in [0.05, 0.1) is 0 Å². The first-order valence-electron chi connectivity index (χ1n) is 9.47. The number of guanidine groups is 2. The largest absolute Gasteiger partial charge is 0.370 e. The lowest BCUT2D eigenvalue weighted by atomic mass is 9.82. The first-order chi connectivity index (χ1) is 13.7. The molecule has 0 aliphatic rings. The van der Waals surface area contributed by atoms with Crippen LogP contribution in [0.3, 0.4) is 0 Å². The van der Waals surface area contributed by atoms with E-state index in [1.807, 2.05) is 24.3 Å². The van der Waals surface area contributed by atoms with Crippen LogP contribution in [0, 0.1) is 5.41 Å². The highest BCUT2D eigenvalue weighted by Gasteiger charge is 2.23. The maximum atomic E-state index is 10.6. The van der Waals surface area contributed by atoms with E-state index >= 15 is 0 Å². The van der Waals surface area contributed by atoms with E-state index in [9.17, 15) is 4.57 Å². The van der Waals surface area contributed by atoms with E-state index in [4.69, 9.17) is 16.4 Å². The maximum absolute atomic E-state index is 10.6. The Morgan fingerprint density at radius 2 is 1.79 bits per heavy atom. The molecule has 1 rings (SSSR count). The standard InChI is InChI=1S/C19H33N6O3P/c1-5-19(4,6-2)14(3)24-18(25-17(21)23-13-28-29(26)27)22-12-16-9-7-15(11-20)8-10-16/h7-10,29H,3,5-6,11-13,20H2,1-2,4H3,(H,26,27)(H4,21,22,23,24,25). The van der Waals surface area contributed by atoms with Crippen molar-refractivity contribution in [3.8, 4) is 0 Å². The monoisotopic (exact) mass is 424 g/mol. The van der Waals surface area contributed by atoms with E-state index in [2.05, 4.69) is 52.5 Å². The number of hydrogen-bond donors (Lipinski definition) is 5. The Labute approximate surface area is 173 Å². The van der Waals surface area contributed by atoms with Gasteiger partial charge in [-0.05, 0) is 24.0 Å². The average molecular weight is 424 g/mol. The quantitative estimate of drug-likeness (QED) is 0.167. The highest BCUT2D eigenvalue weighted by molar-refractivity contribution is 7.32. The normalized spacial score (nSPS) is 13.8. The van der Waals surface area contributed by atoms with E-state index in [-0.39, 0.29) is 24.1 Å². The molecule has 0 bridgehead atoms. The average Bonchev–Trinajstić information content (AvgIpc) is 2.71. The molecule has 7 N–H and O–H groups in total. The minimum Gasteiger partial charge on any atom is -0.370 e. The molecule has 1 unspecified atom stereocenters. The van der Waals surface area contributed by atoms with Gasteiger partial charge in [0.25, 0.3) is 0 Å². The van der Waals surface area contributed by atoms with Gasteiger partial charge in [-0.1, -0.05) is 51.6 Å². The Bertz CT molecular complexity index is 745. The minimum absolute atomic E-state index is 0.000444. The van der Waals surface area contributed by atoms with Gasteiger partial charge in [0, 0.05) is 24.2 Å². The summed E-state index contributed by atoms with van der Waals surface area (Å²) >= 11 is 0. The van der Waals surface area contributed by atoms with Gasteiger partial charge in [0.2, 0.25) is 5.96 Å². The van der Waals surface area contributed by atoms with Crippen molar-refractivity contribution < 1.29 is 14.0 Å². The van der Waals surface area contributed by atoms with Gasteiger partial charge in [0.1, 0.15) is 6.73 Å². The van der Waals surface area contributed by atoms with Crippen LogP contribution in [0.2, 0.25) is 0 Å². The SMILES string of the molecule is C=C(/N=C(\N=C(/N)NCO[PH](=O)O)NCc1ccc(CN)cc1)C(C)(CC)CC. The lowest BCUT2D eigenvalue weighted by Gasteiger charge is -2.26. The topological polar surface area (TPSA) is 147 Å². The van der Waals surface area contributed by atoms with Crippen LogP contribution in [0.1, 0.15) is 44.7 Å². The zero-order chi connectivity index (χ0) is 21.9. The van der Waals surface area contributed by atoms with Crippen molar-refractivity contribution in [3.05, 3.63) is 47.7 Å². The number of allylic oxidation sites excluding steroid dienone is 1. The molecule has 10 heteroatoms. The van der Waals surface area contributed by atoms with Crippen molar-refractivity contribution in [2.24, 2.45) is 26.9 Å². The Morgan fingerprint density at radius 1 is 1.21 bits per heavy atom. The second kappa shape index (κ2) is 12.4. The zero-order valence-corrected chi connectivity index (χ0v) is 18.4. The van der Waals surface area contributed by atoms with E-state index < -0.39 is 8.25 Å². The van der Waals surface area contributed by atoms with Gasteiger partial charge in [-0.2, -0.15) is 4.99 Å². The molecule has 0 spiro atoms. The number of benzene rings is 1. The molecule has 0 fully saturated rings. The number of nitrogens with one attached hydrogen (secondary N) is 2. The van der Waals surface area contributed by atoms with Crippen molar-refractivity contribution in [1.82, 2.24) is 10.6 Å². The Morgan fingerprint density at radius 3 is 2.31 bits per heavy atom. The van der Waals surface area contributed by atoms with Crippen LogP contribution < -0.4 is 22.1 Å². The maximum Gasteiger partial charge on any atom is 0.318 e. The molecule has 29 heavy (non-hydrogen) atoms. The molecule has 0 heterocycles. The summed E-state index contributed by atoms with van der Waals surface area (Å²) in [6, 6.07) is 7.88. The van der Waals surface area contributed by atoms with Crippen molar-refractivity contribution >= 4 is 20.2 Å². The molecule has 9 nitrogen and oxygen atoms in total. The summed E-state index contributed by atoms with van der Waals surface area (Å²) in [7, 11) is -3.05. The summed E-state index contributed by atoms with van der Waals surface area (Å²) in [6.07, 6.45) is 1.77. The van der Waals surface area contributed by atoms with Gasteiger partial charge in [0.15, 0.2) is 5.96 Å². The van der Waals surface area contributed by atoms with Crippen molar-refractivity contribution in [1.29, 1.82) is 0 Å². The van der Waals surface area contributed by atoms with Crippen LogP contribution in [0.4, 0.5) is 0 Å². The molecule has 1 aromatic rings. The van der Waals surface area contributed by atoms with Gasteiger partial charge in [-0.25, -0.2) is 4.99 Å². The van der Waals surface area contributed by atoms with Gasteiger partial charge < -0.3 is 27.0 Å². The molecule has 0 radical (unpaired) electrons. The number of aliphatic imine (C=N–C) groups is 2. The number of hydrogen-bond acceptors (Lipinski definition) is 4. The number of nitrogens with two attached hydrogens (primary N) is 2. The second-order valence-corrected chi connectivity index (χ2v) is 7.57. The van der Waals surface area contributed by atoms with Crippen molar-refractivity contribution in [3.63, 3.8) is 0 Å². The number of rotatable bonds is 10. The first-order valence-corrected chi connectivity index (χ1v) is 10.7. The van der Waals surface area contributed by atoms with Crippen molar-refractivity contribution in [2.45, 2.75) is 46.7 Å². The molecule has 1 aromatic carbocycles. The summed E-state index contributed by atoms with van der Waals surface area (Å²) in [4.78, 5) is 17.5. The van der Waals surface area contributed by atoms with Gasteiger partial charge >= 0.3 is 8.25 Å². The molecule has 0 aliphatic heterocycles. The molecular weight excluding hydrogens is 391 g/mol. The summed E-state index contributed by atoms with van der Waals surface area (Å²) in [6.45, 7) is 11.1. The predicted molar refractivity (Wildman–Crippen MR) is 118 cm³/mol. The Hall–Kier alpha value is -2.19. The molecule has 0 saturated heterocycles. The first kappa shape index (κ1) is 24.8. The van der Waals surface area contributed by atoms with E-state index in [1.54, 1.807) is 0 Å². The Kier molecular flexibility index (Phi) is 10.6. The summed E-state index contributed by atoms with van der Waals surface area (Å²) < 4.78 is 15.2. The van der Waals surface area contributed by atoms with Crippen LogP contribution in [-0.2, 0) is 22.2 Å². The second-order valence-electron chi connectivity index (χ2n) is 6.75. The molecule has 0 aliphatic carbocycles. The fourth-order valence-electron chi connectivity index (χ4n) is 2.32. The van der Waals surface area contributed by atoms with Crippen LogP contribution >= 0.6 is 8.25 Å². The van der Waals surface area contributed by atoms with Crippen LogP contribution in [0.25, 0.3) is 0 Å². The predicted octanol–water partition coefficient (Wildman–Crippen LogP) is 2.19. The third-order valence-electron chi connectivity index (χ3n) is 4.88. The van der Waals surface area contributed by atoms with Crippen LogP contribution in [-0.4, -0.2) is 23.5 Å². The highest BCUT2D eigenvalue weighted by Crippen LogP contribution is 2.34. The number of nitrogens with zero attached hydrogens (tertiary/aromatic N) is 2. The smallest absolute Gasteiger partial charge is 0.318 e. The third-order valence-corrected chi connectivity index (χ3v) is 5.27. The molecular formula is C19H33N6O3P. The summed E-state index contributed by atoms with van der Waals surface area (Å²) in [5.41, 5.74) is 14.1. The lowest BCUT2D eigenvalue weighted by Crippen LogP contribution is -2.35. The van der Waals surface area contributed by atoms with Crippen LogP contribution in [0.5, 0.6) is 0 Å². The van der Waals surface area contributed by atoms with Crippen molar-refractivity contribution in [2.75, 3.05) is 6.73 Å². The minimum atomic E-state index is -3.05. The van der Waals surface area contributed by atoms with E-state index in [0.717, 1.165) is 24.0 Å². The fourth-order valence-corrected chi connectivity index (χ4v) is 2.52. The van der Waals surface area contributed by atoms with Gasteiger partial charge in [-0.15, -0.1) is 0 Å². The highest BCUT2D eigenvalue weighted by atomic mass is 31.1. The lowest BCUT2D eigenvalue weighted by molar-refractivity contribution is 0.275. The van der Waals surface area contributed by atoms with E-state index in [0.29, 0.717) is 18.8 Å². The van der Waals surface area contributed by atoms with E-state index in [1.165, 1.54) is 0 Å². The van der Waals surface area contributed by atoms with Gasteiger partial charge in [-0.3, -0.25) is 9.09 Å².